The number of hydrogen-bond donors (Lipinski definition) is 2. The van der Waals surface area contributed by atoms with Crippen LogP contribution in [-0.2, 0) is 9.59 Å². The number of aliphatic carboxylic acids is 1. The number of methoxy groups -OCH3 is 1. The van der Waals surface area contributed by atoms with Crippen LogP contribution in [0.15, 0.2) is 24.3 Å². The van der Waals surface area contributed by atoms with E-state index in [1.165, 1.54) is 0 Å². The van der Waals surface area contributed by atoms with Crippen LogP contribution >= 0.6 is 0 Å². The molecule has 122 valence electrons. The third-order valence-electron chi connectivity index (χ3n) is 3.01. The zero-order valence-corrected chi connectivity index (χ0v) is 13.0. The number of ether oxygens (including phenoxy) is 2. The summed E-state index contributed by atoms with van der Waals surface area (Å²) in [6, 6.07) is 7.27. The van der Waals surface area contributed by atoms with Gasteiger partial charge in [-0.2, -0.15) is 0 Å². The SMILES string of the molecule is COc1cccc(OC(C)CNC(=O)CCCCC(=O)O)c1. The second-order valence-corrected chi connectivity index (χ2v) is 5.01. The Morgan fingerprint density at radius 3 is 2.59 bits per heavy atom. The van der Waals surface area contributed by atoms with Crippen molar-refractivity contribution in [2.75, 3.05) is 13.7 Å². The number of carbonyl (C=O) groups is 2. The summed E-state index contributed by atoms with van der Waals surface area (Å²) in [7, 11) is 1.59. The number of nitrogens with one attached hydrogen (secondary N) is 1. The third-order valence-corrected chi connectivity index (χ3v) is 3.01. The van der Waals surface area contributed by atoms with Crippen LogP contribution in [-0.4, -0.2) is 36.7 Å². The summed E-state index contributed by atoms with van der Waals surface area (Å²) in [5.74, 6) is 0.474. The van der Waals surface area contributed by atoms with Crippen molar-refractivity contribution < 1.29 is 24.2 Å². The largest absolute Gasteiger partial charge is 0.497 e. The van der Waals surface area contributed by atoms with E-state index in [2.05, 4.69) is 5.32 Å². The quantitative estimate of drug-likeness (QED) is 0.647. The number of carboxylic acid groups (broad SMARTS) is 1. The second-order valence-electron chi connectivity index (χ2n) is 5.01. The molecule has 0 bridgehead atoms. The zero-order valence-electron chi connectivity index (χ0n) is 13.0. The molecule has 1 atom stereocenters. The fourth-order valence-corrected chi connectivity index (χ4v) is 1.86. The molecule has 0 spiro atoms. The van der Waals surface area contributed by atoms with Gasteiger partial charge in [0.25, 0.3) is 0 Å². The van der Waals surface area contributed by atoms with Gasteiger partial charge in [-0.15, -0.1) is 0 Å². The lowest BCUT2D eigenvalue weighted by Gasteiger charge is -2.16. The lowest BCUT2D eigenvalue weighted by molar-refractivity contribution is -0.137. The molecule has 1 aromatic carbocycles. The van der Waals surface area contributed by atoms with Crippen molar-refractivity contribution in [3.8, 4) is 11.5 Å². The van der Waals surface area contributed by atoms with Gasteiger partial charge in [0.2, 0.25) is 5.91 Å². The maximum Gasteiger partial charge on any atom is 0.303 e. The predicted octanol–water partition coefficient (Wildman–Crippen LogP) is 2.22. The van der Waals surface area contributed by atoms with Gasteiger partial charge in [0.15, 0.2) is 0 Å². The van der Waals surface area contributed by atoms with E-state index in [-0.39, 0.29) is 18.4 Å². The lowest BCUT2D eigenvalue weighted by Crippen LogP contribution is -2.33. The van der Waals surface area contributed by atoms with Crippen LogP contribution in [0.1, 0.15) is 32.6 Å². The van der Waals surface area contributed by atoms with E-state index in [0.29, 0.717) is 37.3 Å². The minimum atomic E-state index is -0.833. The minimum Gasteiger partial charge on any atom is -0.497 e. The fraction of sp³-hybridized carbons (Fsp3) is 0.500. The molecule has 6 nitrogen and oxygen atoms in total. The average Bonchev–Trinajstić information content (AvgIpc) is 2.49. The van der Waals surface area contributed by atoms with Crippen molar-refractivity contribution in [1.29, 1.82) is 0 Å². The van der Waals surface area contributed by atoms with Crippen LogP contribution in [0.4, 0.5) is 0 Å². The highest BCUT2D eigenvalue weighted by Gasteiger charge is 2.08. The fourth-order valence-electron chi connectivity index (χ4n) is 1.86. The van der Waals surface area contributed by atoms with Gasteiger partial charge in [-0.25, -0.2) is 0 Å². The molecule has 0 aliphatic carbocycles. The summed E-state index contributed by atoms with van der Waals surface area (Å²) in [5.41, 5.74) is 0. The van der Waals surface area contributed by atoms with E-state index in [1.807, 2.05) is 25.1 Å². The van der Waals surface area contributed by atoms with Crippen LogP contribution in [0.3, 0.4) is 0 Å². The number of hydrogen-bond acceptors (Lipinski definition) is 4. The van der Waals surface area contributed by atoms with Crippen molar-refractivity contribution in [2.45, 2.75) is 38.7 Å². The van der Waals surface area contributed by atoms with E-state index < -0.39 is 5.97 Å². The average molecular weight is 309 g/mol. The van der Waals surface area contributed by atoms with Crippen molar-refractivity contribution in [2.24, 2.45) is 0 Å². The van der Waals surface area contributed by atoms with Gasteiger partial charge in [0, 0.05) is 18.9 Å². The standard InChI is InChI=1S/C16H23NO5/c1-12(22-14-7-5-6-13(10-14)21-2)11-17-15(18)8-3-4-9-16(19)20/h5-7,10,12H,3-4,8-9,11H2,1-2H3,(H,17,18)(H,19,20). The molecular weight excluding hydrogens is 286 g/mol. The number of rotatable bonds is 10. The molecule has 0 heterocycles. The highest BCUT2D eigenvalue weighted by molar-refractivity contribution is 5.75. The lowest BCUT2D eigenvalue weighted by atomic mass is 10.2. The Kier molecular flexibility index (Phi) is 7.81. The van der Waals surface area contributed by atoms with E-state index >= 15 is 0 Å². The molecule has 6 heteroatoms. The van der Waals surface area contributed by atoms with Crippen LogP contribution in [0.2, 0.25) is 0 Å². The van der Waals surface area contributed by atoms with Gasteiger partial charge in [-0.3, -0.25) is 9.59 Å². The first kappa shape index (κ1) is 17.8. The van der Waals surface area contributed by atoms with Crippen LogP contribution < -0.4 is 14.8 Å². The molecule has 2 N–H and O–H groups in total. The summed E-state index contributed by atoms with van der Waals surface area (Å²) in [4.78, 5) is 22.0. The maximum atomic E-state index is 11.6. The number of benzene rings is 1. The van der Waals surface area contributed by atoms with Crippen molar-refractivity contribution in [3.63, 3.8) is 0 Å². The van der Waals surface area contributed by atoms with Gasteiger partial charge in [0.05, 0.1) is 13.7 Å². The van der Waals surface area contributed by atoms with Gasteiger partial charge in [0.1, 0.15) is 17.6 Å². The Labute approximate surface area is 130 Å². The number of amides is 1. The molecule has 1 unspecified atom stereocenters. The highest BCUT2D eigenvalue weighted by atomic mass is 16.5. The Balaban J connectivity index is 2.23. The normalized spacial score (nSPS) is 11.5. The molecule has 0 saturated carbocycles. The molecule has 0 aliphatic rings. The van der Waals surface area contributed by atoms with Gasteiger partial charge >= 0.3 is 5.97 Å². The molecule has 1 rings (SSSR count). The molecule has 0 saturated heterocycles. The van der Waals surface area contributed by atoms with Gasteiger partial charge in [-0.05, 0) is 31.9 Å². The smallest absolute Gasteiger partial charge is 0.303 e. The van der Waals surface area contributed by atoms with Crippen molar-refractivity contribution in [3.05, 3.63) is 24.3 Å². The molecule has 0 radical (unpaired) electrons. The summed E-state index contributed by atoms with van der Waals surface area (Å²) < 4.78 is 10.8. The molecule has 1 amide bonds. The van der Waals surface area contributed by atoms with Gasteiger partial charge in [-0.1, -0.05) is 6.07 Å². The van der Waals surface area contributed by atoms with Gasteiger partial charge < -0.3 is 19.9 Å². The third kappa shape index (κ3) is 7.52. The Bertz CT molecular complexity index is 489. The number of carbonyl (C=O) groups excluding carboxylic acids is 1. The topological polar surface area (TPSA) is 84.9 Å². The van der Waals surface area contributed by atoms with E-state index in [1.54, 1.807) is 13.2 Å². The highest BCUT2D eigenvalue weighted by Crippen LogP contribution is 2.19. The Hall–Kier alpha value is -2.24. The molecule has 1 aromatic rings. The number of unbranched alkanes of at least 4 members (excludes halogenated alkanes) is 1. The van der Waals surface area contributed by atoms with Crippen LogP contribution in [0.25, 0.3) is 0 Å². The predicted molar refractivity (Wildman–Crippen MR) is 82.2 cm³/mol. The Morgan fingerprint density at radius 1 is 1.23 bits per heavy atom. The monoisotopic (exact) mass is 309 g/mol. The summed E-state index contributed by atoms with van der Waals surface area (Å²) in [6.07, 6.45) is 1.35. The summed E-state index contributed by atoms with van der Waals surface area (Å²) in [6.45, 7) is 2.26. The van der Waals surface area contributed by atoms with Crippen molar-refractivity contribution >= 4 is 11.9 Å². The van der Waals surface area contributed by atoms with Crippen molar-refractivity contribution in [1.82, 2.24) is 5.32 Å². The van der Waals surface area contributed by atoms with E-state index in [4.69, 9.17) is 14.6 Å². The first-order valence-corrected chi connectivity index (χ1v) is 7.30. The zero-order chi connectivity index (χ0) is 16.4. The first-order chi connectivity index (χ1) is 10.5. The molecular formula is C16H23NO5. The summed E-state index contributed by atoms with van der Waals surface area (Å²) >= 11 is 0. The number of carboxylic acids is 1. The van der Waals surface area contributed by atoms with Crippen LogP contribution in [0, 0.1) is 0 Å². The Morgan fingerprint density at radius 2 is 1.91 bits per heavy atom. The molecule has 0 aromatic heterocycles. The molecule has 0 aliphatic heterocycles. The molecule has 22 heavy (non-hydrogen) atoms. The maximum absolute atomic E-state index is 11.6. The van der Waals surface area contributed by atoms with E-state index in [9.17, 15) is 9.59 Å². The summed E-state index contributed by atoms with van der Waals surface area (Å²) in [5, 5.41) is 11.3. The second kappa shape index (κ2) is 9.65. The first-order valence-electron chi connectivity index (χ1n) is 7.30. The van der Waals surface area contributed by atoms with Crippen LogP contribution in [0.5, 0.6) is 11.5 Å². The molecule has 0 fully saturated rings. The van der Waals surface area contributed by atoms with E-state index in [0.717, 1.165) is 0 Å². The minimum absolute atomic E-state index is 0.0912.